The molecule has 0 unspecified atom stereocenters. The average Bonchev–Trinajstić information content (AvgIpc) is 2.32. The molecule has 0 heterocycles. The Kier molecular flexibility index (Phi) is 5.39. The molecular formula is C14H19F2NO2. The molecule has 0 aromatic heterocycles. The normalized spacial score (nSPS) is 15.3. The summed E-state index contributed by atoms with van der Waals surface area (Å²) in [6, 6.07) is 6.51. The fourth-order valence-corrected chi connectivity index (χ4v) is 1.85. The second-order valence-electron chi connectivity index (χ2n) is 4.61. The van der Waals surface area contributed by atoms with Crippen LogP contribution in [0.4, 0.5) is 14.5 Å². The monoisotopic (exact) mass is 271 g/mol. The van der Waals surface area contributed by atoms with Crippen LogP contribution in [0.25, 0.3) is 0 Å². The summed E-state index contributed by atoms with van der Waals surface area (Å²) in [4.78, 5) is 0. The summed E-state index contributed by atoms with van der Waals surface area (Å²) in [5.74, 6) is 0.175. The van der Waals surface area contributed by atoms with Gasteiger partial charge in [0.25, 0.3) is 0 Å². The first-order chi connectivity index (χ1) is 9.24. The van der Waals surface area contributed by atoms with Crippen LogP contribution in [0, 0.1) is 0 Å². The van der Waals surface area contributed by atoms with E-state index in [1.807, 2.05) is 0 Å². The number of nitrogens with one attached hydrogen (secondary N) is 1. The van der Waals surface area contributed by atoms with E-state index in [1.165, 1.54) is 31.4 Å². The van der Waals surface area contributed by atoms with Crippen molar-refractivity contribution >= 4 is 5.69 Å². The minimum Gasteiger partial charge on any atom is -0.435 e. The summed E-state index contributed by atoms with van der Waals surface area (Å²) in [5.41, 5.74) is 0.894. The van der Waals surface area contributed by atoms with Crippen LogP contribution >= 0.6 is 0 Å². The Labute approximate surface area is 111 Å². The van der Waals surface area contributed by atoms with E-state index in [0.717, 1.165) is 25.3 Å². The van der Waals surface area contributed by atoms with Crippen LogP contribution in [-0.2, 0) is 4.74 Å². The summed E-state index contributed by atoms with van der Waals surface area (Å²) >= 11 is 0. The van der Waals surface area contributed by atoms with Crippen LogP contribution in [0.3, 0.4) is 0 Å². The Morgan fingerprint density at radius 1 is 1.21 bits per heavy atom. The van der Waals surface area contributed by atoms with Gasteiger partial charge in [0, 0.05) is 18.8 Å². The molecule has 3 nitrogen and oxygen atoms in total. The molecule has 1 fully saturated rings. The third kappa shape index (κ3) is 5.03. The number of hydrogen-bond donors (Lipinski definition) is 1. The zero-order valence-corrected chi connectivity index (χ0v) is 10.8. The van der Waals surface area contributed by atoms with Crippen LogP contribution < -0.4 is 10.1 Å². The Morgan fingerprint density at radius 3 is 2.53 bits per heavy atom. The van der Waals surface area contributed by atoms with E-state index in [-0.39, 0.29) is 5.75 Å². The molecule has 106 valence electrons. The minimum absolute atomic E-state index is 0.175. The minimum atomic E-state index is -2.78. The lowest BCUT2D eigenvalue weighted by atomic mass is 9.96. The number of alkyl halides is 2. The van der Waals surface area contributed by atoms with Gasteiger partial charge in [-0.05, 0) is 49.9 Å². The second kappa shape index (κ2) is 7.28. The predicted molar refractivity (Wildman–Crippen MR) is 69.8 cm³/mol. The zero-order valence-electron chi connectivity index (χ0n) is 10.8. The van der Waals surface area contributed by atoms with E-state index in [1.54, 1.807) is 12.1 Å². The summed E-state index contributed by atoms with van der Waals surface area (Å²) in [6.45, 7) is -1.20. The van der Waals surface area contributed by atoms with Gasteiger partial charge in [0.2, 0.25) is 0 Å². The molecule has 5 heteroatoms. The van der Waals surface area contributed by atoms with Crippen molar-refractivity contribution in [3.05, 3.63) is 24.3 Å². The lowest BCUT2D eigenvalue weighted by Gasteiger charge is -2.25. The van der Waals surface area contributed by atoms with Gasteiger partial charge in [0.15, 0.2) is 0 Å². The molecule has 1 aliphatic carbocycles. The highest BCUT2D eigenvalue weighted by Gasteiger charge is 2.16. The van der Waals surface area contributed by atoms with Crippen molar-refractivity contribution in [2.24, 2.45) is 0 Å². The van der Waals surface area contributed by atoms with Gasteiger partial charge in [-0.1, -0.05) is 0 Å². The lowest BCUT2D eigenvalue weighted by Crippen LogP contribution is -2.22. The third-order valence-corrected chi connectivity index (χ3v) is 3.14. The lowest BCUT2D eigenvalue weighted by molar-refractivity contribution is -0.0498. The molecule has 0 amide bonds. The molecule has 1 N–H and O–H groups in total. The molecule has 0 spiro atoms. The summed E-state index contributed by atoms with van der Waals surface area (Å²) in [7, 11) is 0. The van der Waals surface area contributed by atoms with Crippen molar-refractivity contribution < 1.29 is 18.3 Å². The molecular weight excluding hydrogens is 252 g/mol. The molecule has 1 saturated carbocycles. The molecule has 0 atom stereocenters. The fraction of sp³-hybridized carbons (Fsp3) is 0.571. The highest BCUT2D eigenvalue weighted by molar-refractivity contribution is 5.46. The summed E-state index contributed by atoms with van der Waals surface area (Å²) < 4.78 is 33.8. The van der Waals surface area contributed by atoms with E-state index in [9.17, 15) is 8.78 Å². The Bertz CT molecular complexity index is 366. The zero-order chi connectivity index (χ0) is 13.5. The van der Waals surface area contributed by atoms with Crippen molar-refractivity contribution in [1.82, 2.24) is 0 Å². The van der Waals surface area contributed by atoms with Crippen LogP contribution in [0.2, 0.25) is 0 Å². The van der Waals surface area contributed by atoms with Gasteiger partial charge >= 0.3 is 6.61 Å². The maximum Gasteiger partial charge on any atom is 0.387 e. The Morgan fingerprint density at radius 2 is 1.95 bits per heavy atom. The van der Waals surface area contributed by atoms with E-state index < -0.39 is 6.61 Å². The van der Waals surface area contributed by atoms with E-state index in [0.29, 0.717) is 6.10 Å². The molecule has 1 aliphatic rings. The van der Waals surface area contributed by atoms with Crippen molar-refractivity contribution in [2.45, 2.75) is 38.4 Å². The van der Waals surface area contributed by atoms with Crippen molar-refractivity contribution in [1.29, 1.82) is 0 Å². The SMILES string of the molecule is FC(F)Oc1ccc(NCCCOC2CCC2)cc1. The Hall–Kier alpha value is -1.36. The molecule has 1 aromatic carbocycles. The summed E-state index contributed by atoms with van der Waals surface area (Å²) in [5, 5.41) is 3.21. The highest BCUT2D eigenvalue weighted by Crippen LogP contribution is 2.22. The van der Waals surface area contributed by atoms with E-state index in [4.69, 9.17) is 4.74 Å². The number of hydrogen-bond acceptors (Lipinski definition) is 3. The molecule has 1 aromatic rings. The largest absolute Gasteiger partial charge is 0.435 e. The standard InChI is InChI=1S/C14H19F2NO2/c15-14(16)19-13-7-5-11(6-8-13)17-9-2-10-18-12-3-1-4-12/h5-8,12,14,17H,1-4,9-10H2. The maximum atomic E-state index is 12.0. The van der Waals surface area contributed by atoms with Crippen LogP contribution in [-0.4, -0.2) is 25.9 Å². The van der Waals surface area contributed by atoms with Gasteiger partial charge in [0.1, 0.15) is 5.75 Å². The van der Waals surface area contributed by atoms with Crippen molar-refractivity contribution in [2.75, 3.05) is 18.5 Å². The number of rotatable bonds is 8. The number of ether oxygens (including phenoxy) is 2. The number of benzene rings is 1. The van der Waals surface area contributed by atoms with Gasteiger partial charge < -0.3 is 14.8 Å². The van der Waals surface area contributed by atoms with Gasteiger partial charge in [-0.25, -0.2) is 0 Å². The van der Waals surface area contributed by atoms with Crippen molar-refractivity contribution in [3.8, 4) is 5.75 Å². The predicted octanol–water partition coefficient (Wildman–Crippen LogP) is 3.66. The quantitative estimate of drug-likeness (QED) is 0.732. The maximum absolute atomic E-state index is 12.0. The molecule has 19 heavy (non-hydrogen) atoms. The first kappa shape index (κ1) is 14.1. The molecule has 0 saturated heterocycles. The van der Waals surface area contributed by atoms with Gasteiger partial charge in [-0.2, -0.15) is 8.78 Å². The van der Waals surface area contributed by atoms with E-state index in [2.05, 4.69) is 10.1 Å². The van der Waals surface area contributed by atoms with Crippen LogP contribution in [0.15, 0.2) is 24.3 Å². The van der Waals surface area contributed by atoms with Gasteiger partial charge in [0.05, 0.1) is 6.10 Å². The smallest absolute Gasteiger partial charge is 0.387 e. The van der Waals surface area contributed by atoms with Gasteiger partial charge in [-0.15, -0.1) is 0 Å². The highest BCUT2D eigenvalue weighted by atomic mass is 19.3. The molecule has 0 radical (unpaired) electrons. The first-order valence-corrected chi connectivity index (χ1v) is 6.64. The summed E-state index contributed by atoms with van der Waals surface area (Å²) in [6.07, 6.45) is 5.09. The third-order valence-electron chi connectivity index (χ3n) is 3.14. The van der Waals surface area contributed by atoms with Crippen LogP contribution in [0.1, 0.15) is 25.7 Å². The first-order valence-electron chi connectivity index (χ1n) is 6.64. The average molecular weight is 271 g/mol. The molecule has 0 bridgehead atoms. The molecule has 0 aliphatic heterocycles. The second-order valence-corrected chi connectivity index (χ2v) is 4.61. The Balaban J connectivity index is 1.59. The van der Waals surface area contributed by atoms with Crippen LogP contribution in [0.5, 0.6) is 5.75 Å². The van der Waals surface area contributed by atoms with E-state index >= 15 is 0 Å². The van der Waals surface area contributed by atoms with Gasteiger partial charge in [-0.3, -0.25) is 0 Å². The topological polar surface area (TPSA) is 30.5 Å². The fourth-order valence-electron chi connectivity index (χ4n) is 1.85. The number of halogens is 2. The number of anilines is 1. The molecule has 2 rings (SSSR count). The van der Waals surface area contributed by atoms with Crippen molar-refractivity contribution in [3.63, 3.8) is 0 Å².